The van der Waals surface area contributed by atoms with Crippen molar-refractivity contribution in [1.29, 1.82) is 0 Å². The Morgan fingerprint density at radius 2 is 1.94 bits per heavy atom. The minimum Gasteiger partial charge on any atom is -0.329 e. The van der Waals surface area contributed by atoms with E-state index in [4.69, 9.17) is 5.73 Å². The molecular formula is C13H27N3. The third kappa shape index (κ3) is 2.41. The van der Waals surface area contributed by atoms with Crippen molar-refractivity contribution in [2.75, 3.05) is 33.2 Å². The van der Waals surface area contributed by atoms with Crippen LogP contribution in [0.15, 0.2) is 0 Å². The monoisotopic (exact) mass is 225 g/mol. The van der Waals surface area contributed by atoms with Gasteiger partial charge in [0.1, 0.15) is 0 Å². The van der Waals surface area contributed by atoms with Crippen molar-refractivity contribution in [3.63, 3.8) is 0 Å². The standard InChI is InChI=1S/C13H27N3/c1-10(2)11-6-12(7-11)16-5-4-15(3)9-13(16)8-14/h10-13H,4-9,14H2,1-3H3. The molecule has 1 aliphatic carbocycles. The lowest BCUT2D eigenvalue weighted by Crippen LogP contribution is -2.61. The minimum absolute atomic E-state index is 0.594. The van der Waals surface area contributed by atoms with Crippen LogP contribution in [-0.2, 0) is 0 Å². The highest BCUT2D eigenvalue weighted by molar-refractivity contribution is 4.94. The van der Waals surface area contributed by atoms with Crippen LogP contribution in [0.5, 0.6) is 0 Å². The van der Waals surface area contributed by atoms with Gasteiger partial charge in [0.15, 0.2) is 0 Å². The average molecular weight is 225 g/mol. The quantitative estimate of drug-likeness (QED) is 0.777. The van der Waals surface area contributed by atoms with Gasteiger partial charge in [0.2, 0.25) is 0 Å². The second-order valence-corrected chi connectivity index (χ2v) is 6.02. The van der Waals surface area contributed by atoms with E-state index in [0.717, 1.165) is 31.0 Å². The molecule has 0 aromatic rings. The van der Waals surface area contributed by atoms with E-state index in [1.165, 1.54) is 25.9 Å². The first-order valence-electron chi connectivity index (χ1n) is 6.76. The lowest BCUT2D eigenvalue weighted by Gasteiger charge is -2.50. The Morgan fingerprint density at radius 1 is 1.25 bits per heavy atom. The van der Waals surface area contributed by atoms with Gasteiger partial charge in [0.05, 0.1) is 0 Å². The molecule has 16 heavy (non-hydrogen) atoms. The molecule has 3 heteroatoms. The van der Waals surface area contributed by atoms with Crippen molar-refractivity contribution in [2.45, 2.75) is 38.8 Å². The molecule has 1 atom stereocenters. The highest BCUT2D eigenvalue weighted by Crippen LogP contribution is 2.38. The Balaban J connectivity index is 1.85. The third-order valence-electron chi connectivity index (χ3n) is 4.56. The predicted molar refractivity (Wildman–Crippen MR) is 68.4 cm³/mol. The van der Waals surface area contributed by atoms with Crippen LogP contribution in [0.2, 0.25) is 0 Å². The van der Waals surface area contributed by atoms with Crippen LogP contribution in [-0.4, -0.2) is 55.1 Å². The van der Waals surface area contributed by atoms with E-state index >= 15 is 0 Å². The molecule has 0 amide bonds. The van der Waals surface area contributed by atoms with E-state index in [0.29, 0.717) is 6.04 Å². The van der Waals surface area contributed by atoms with Gasteiger partial charge in [0.25, 0.3) is 0 Å². The summed E-state index contributed by atoms with van der Waals surface area (Å²) in [5, 5.41) is 0. The third-order valence-corrected chi connectivity index (χ3v) is 4.56. The van der Waals surface area contributed by atoms with Crippen LogP contribution in [0.3, 0.4) is 0 Å². The van der Waals surface area contributed by atoms with E-state index in [2.05, 4.69) is 30.7 Å². The van der Waals surface area contributed by atoms with Gasteiger partial charge in [-0.3, -0.25) is 4.90 Å². The number of rotatable bonds is 3. The van der Waals surface area contributed by atoms with Gasteiger partial charge in [0, 0.05) is 38.3 Å². The van der Waals surface area contributed by atoms with Crippen LogP contribution in [0.1, 0.15) is 26.7 Å². The number of nitrogens with two attached hydrogens (primary N) is 1. The van der Waals surface area contributed by atoms with E-state index in [1.54, 1.807) is 0 Å². The fraction of sp³-hybridized carbons (Fsp3) is 1.00. The number of hydrogen-bond acceptors (Lipinski definition) is 3. The molecule has 0 radical (unpaired) electrons. The molecule has 0 bridgehead atoms. The normalized spacial score (nSPS) is 37.7. The lowest BCUT2D eigenvalue weighted by atomic mass is 9.72. The molecule has 94 valence electrons. The number of hydrogen-bond donors (Lipinski definition) is 1. The average Bonchev–Trinajstić information content (AvgIpc) is 2.17. The SMILES string of the molecule is CC(C)C1CC(N2CCN(C)CC2CN)C1. The zero-order chi connectivity index (χ0) is 11.7. The maximum Gasteiger partial charge on any atom is 0.0349 e. The van der Waals surface area contributed by atoms with Gasteiger partial charge < -0.3 is 10.6 Å². The summed E-state index contributed by atoms with van der Waals surface area (Å²) in [5.74, 6) is 1.82. The van der Waals surface area contributed by atoms with Crippen molar-refractivity contribution >= 4 is 0 Å². The van der Waals surface area contributed by atoms with Crippen LogP contribution in [0, 0.1) is 11.8 Å². The first-order valence-corrected chi connectivity index (χ1v) is 6.76. The van der Waals surface area contributed by atoms with Gasteiger partial charge >= 0.3 is 0 Å². The Morgan fingerprint density at radius 3 is 2.50 bits per heavy atom. The molecule has 2 fully saturated rings. The molecule has 1 saturated carbocycles. The Labute approximate surface area is 100.0 Å². The van der Waals surface area contributed by atoms with Gasteiger partial charge in [-0.05, 0) is 31.7 Å². The molecule has 2 N–H and O–H groups in total. The number of likely N-dealkylation sites (N-methyl/N-ethyl adjacent to an activating group) is 1. The summed E-state index contributed by atoms with van der Waals surface area (Å²) in [6.45, 7) is 9.09. The first kappa shape index (κ1) is 12.3. The Kier molecular flexibility index (Phi) is 3.88. The van der Waals surface area contributed by atoms with Crippen molar-refractivity contribution in [2.24, 2.45) is 17.6 Å². The smallest absolute Gasteiger partial charge is 0.0349 e. The van der Waals surface area contributed by atoms with Gasteiger partial charge in [-0.15, -0.1) is 0 Å². The van der Waals surface area contributed by atoms with E-state index in [9.17, 15) is 0 Å². The zero-order valence-corrected chi connectivity index (χ0v) is 11.0. The fourth-order valence-corrected chi connectivity index (χ4v) is 3.16. The summed E-state index contributed by atoms with van der Waals surface area (Å²) in [4.78, 5) is 5.09. The van der Waals surface area contributed by atoms with E-state index in [1.807, 2.05) is 0 Å². The van der Waals surface area contributed by atoms with Crippen molar-refractivity contribution in [1.82, 2.24) is 9.80 Å². The summed E-state index contributed by atoms with van der Waals surface area (Å²) in [6, 6.07) is 1.42. The van der Waals surface area contributed by atoms with Crippen LogP contribution < -0.4 is 5.73 Å². The van der Waals surface area contributed by atoms with Crippen LogP contribution in [0.4, 0.5) is 0 Å². The topological polar surface area (TPSA) is 32.5 Å². The van der Waals surface area contributed by atoms with Crippen molar-refractivity contribution < 1.29 is 0 Å². The van der Waals surface area contributed by atoms with Gasteiger partial charge in [-0.25, -0.2) is 0 Å². The fourth-order valence-electron chi connectivity index (χ4n) is 3.16. The molecule has 0 spiro atoms. The van der Waals surface area contributed by atoms with Gasteiger partial charge in [-0.1, -0.05) is 13.8 Å². The largest absolute Gasteiger partial charge is 0.329 e. The summed E-state index contributed by atoms with van der Waals surface area (Å²) < 4.78 is 0. The minimum atomic E-state index is 0.594. The predicted octanol–water partition coefficient (Wildman–Crippen LogP) is 0.996. The maximum absolute atomic E-state index is 5.90. The molecule has 3 nitrogen and oxygen atoms in total. The maximum atomic E-state index is 5.90. The number of nitrogens with zero attached hydrogens (tertiary/aromatic N) is 2. The Bertz CT molecular complexity index is 223. The first-order chi connectivity index (χ1) is 7.61. The van der Waals surface area contributed by atoms with E-state index < -0.39 is 0 Å². The lowest BCUT2D eigenvalue weighted by molar-refractivity contribution is -0.0100. The summed E-state index contributed by atoms with van der Waals surface area (Å²) in [5.41, 5.74) is 5.90. The second-order valence-electron chi connectivity index (χ2n) is 6.02. The second kappa shape index (κ2) is 5.03. The molecule has 2 rings (SSSR count). The molecule has 1 heterocycles. The molecule has 0 aromatic carbocycles. The molecule has 1 saturated heterocycles. The number of piperazine rings is 1. The molecular weight excluding hydrogens is 198 g/mol. The van der Waals surface area contributed by atoms with Crippen molar-refractivity contribution in [3.8, 4) is 0 Å². The van der Waals surface area contributed by atoms with Crippen LogP contribution in [0.25, 0.3) is 0 Å². The highest BCUT2D eigenvalue weighted by atomic mass is 15.3. The summed E-state index contributed by atoms with van der Waals surface area (Å²) in [6.07, 6.45) is 2.80. The summed E-state index contributed by atoms with van der Waals surface area (Å²) in [7, 11) is 2.21. The molecule has 1 unspecified atom stereocenters. The Hall–Kier alpha value is -0.120. The molecule has 0 aromatic heterocycles. The zero-order valence-electron chi connectivity index (χ0n) is 11.0. The highest BCUT2D eigenvalue weighted by Gasteiger charge is 2.39. The van der Waals surface area contributed by atoms with Crippen LogP contribution >= 0.6 is 0 Å². The summed E-state index contributed by atoms with van der Waals surface area (Å²) >= 11 is 0. The molecule has 1 aliphatic heterocycles. The van der Waals surface area contributed by atoms with Crippen molar-refractivity contribution in [3.05, 3.63) is 0 Å². The molecule has 2 aliphatic rings. The van der Waals surface area contributed by atoms with E-state index in [-0.39, 0.29) is 0 Å². The van der Waals surface area contributed by atoms with Gasteiger partial charge in [-0.2, -0.15) is 0 Å².